The van der Waals surface area contributed by atoms with Crippen LogP contribution < -0.4 is 0 Å². The molecule has 3 atom stereocenters. The van der Waals surface area contributed by atoms with Crippen molar-refractivity contribution in [2.75, 3.05) is 0 Å². The lowest BCUT2D eigenvalue weighted by Crippen LogP contribution is -1.97. The molecule has 0 bridgehead atoms. The molecule has 1 aromatic carbocycles. The molecule has 0 saturated heterocycles. The summed E-state index contributed by atoms with van der Waals surface area (Å²) in [5, 5.41) is 0. The molecule has 1 saturated carbocycles. The number of hydrogen-bond acceptors (Lipinski definition) is 0. The van der Waals surface area contributed by atoms with E-state index in [2.05, 4.69) is 45.0 Å². The van der Waals surface area contributed by atoms with Gasteiger partial charge in [0.2, 0.25) is 0 Å². The molecule has 0 radical (unpaired) electrons. The van der Waals surface area contributed by atoms with Crippen molar-refractivity contribution in [1.29, 1.82) is 0 Å². The van der Waals surface area contributed by atoms with Gasteiger partial charge >= 0.3 is 0 Å². The minimum atomic E-state index is 0.759. The van der Waals surface area contributed by atoms with Crippen LogP contribution in [0.15, 0.2) is 24.3 Å². The first-order valence-corrected chi connectivity index (χ1v) is 6.25. The molecule has 15 heavy (non-hydrogen) atoms. The Morgan fingerprint density at radius 2 is 1.87 bits per heavy atom. The summed E-state index contributed by atoms with van der Waals surface area (Å²) in [5.41, 5.74) is 2.91. The fourth-order valence-corrected chi connectivity index (χ4v) is 2.25. The highest BCUT2D eigenvalue weighted by atomic mass is 14.4. The van der Waals surface area contributed by atoms with Crippen LogP contribution in [0.2, 0.25) is 0 Å². The third-order valence-corrected chi connectivity index (χ3v) is 3.38. The van der Waals surface area contributed by atoms with Gasteiger partial charge in [-0.2, -0.15) is 0 Å². The molecule has 0 nitrogen and oxygen atoms in total. The van der Waals surface area contributed by atoms with Gasteiger partial charge in [0.25, 0.3) is 0 Å². The molecule has 1 aromatic rings. The summed E-state index contributed by atoms with van der Waals surface area (Å²) in [6.45, 7) is 10.9. The van der Waals surface area contributed by atoms with Crippen LogP contribution in [0.5, 0.6) is 0 Å². The second kappa shape index (κ2) is 5.34. The third-order valence-electron chi connectivity index (χ3n) is 3.38. The van der Waals surface area contributed by atoms with Crippen LogP contribution in [-0.4, -0.2) is 0 Å². The topological polar surface area (TPSA) is 0 Å². The highest BCUT2D eigenvalue weighted by Crippen LogP contribution is 2.47. The Hall–Kier alpha value is -0.780. The van der Waals surface area contributed by atoms with Gasteiger partial charge in [-0.25, -0.2) is 0 Å². The van der Waals surface area contributed by atoms with E-state index in [1.54, 1.807) is 0 Å². The van der Waals surface area contributed by atoms with E-state index in [0.717, 1.165) is 17.8 Å². The summed E-state index contributed by atoms with van der Waals surface area (Å²) >= 11 is 0. The lowest BCUT2D eigenvalue weighted by Gasteiger charge is -2.11. The molecule has 84 valence electrons. The molecular formula is C15H24. The maximum atomic E-state index is 2.36. The summed E-state index contributed by atoms with van der Waals surface area (Å²) in [6.07, 6.45) is 1.43. The van der Waals surface area contributed by atoms with E-state index < -0.39 is 0 Å². The zero-order valence-electron chi connectivity index (χ0n) is 10.7. The second-order valence-corrected chi connectivity index (χ2v) is 4.58. The average Bonchev–Trinajstić information content (AvgIpc) is 2.97. The Labute approximate surface area is 94.7 Å². The SMILES string of the molecule is CC.Cc1cccc(C(C)C2CC2C)c1. The van der Waals surface area contributed by atoms with Gasteiger partial charge in [0, 0.05) is 0 Å². The predicted octanol–water partition coefficient (Wildman–Crippen LogP) is 4.78. The van der Waals surface area contributed by atoms with Gasteiger partial charge in [0.1, 0.15) is 0 Å². The summed E-state index contributed by atoms with van der Waals surface area (Å²) < 4.78 is 0. The van der Waals surface area contributed by atoms with Crippen molar-refractivity contribution in [3.05, 3.63) is 35.4 Å². The van der Waals surface area contributed by atoms with E-state index in [1.807, 2.05) is 13.8 Å². The highest BCUT2D eigenvalue weighted by Gasteiger charge is 2.37. The number of hydrogen-bond donors (Lipinski definition) is 0. The third kappa shape index (κ3) is 3.09. The van der Waals surface area contributed by atoms with Crippen molar-refractivity contribution in [2.45, 2.75) is 47.0 Å². The zero-order valence-corrected chi connectivity index (χ0v) is 10.7. The van der Waals surface area contributed by atoms with Crippen molar-refractivity contribution < 1.29 is 0 Å². The molecule has 0 N–H and O–H groups in total. The summed E-state index contributed by atoms with van der Waals surface area (Å²) in [7, 11) is 0. The van der Waals surface area contributed by atoms with Crippen molar-refractivity contribution in [3.8, 4) is 0 Å². The highest BCUT2D eigenvalue weighted by molar-refractivity contribution is 5.26. The molecule has 3 unspecified atom stereocenters. The molecule has 0 amide bonds. The Morgan fingerprint density at radius 1 is 1.27 bits per heavy atom. The maximum absolute atomic E-state index is 2.36. The molecule has 1 fully saturated rings. The molecular weight excluding hydrogens is 180 g/mol. The molecule has 0 heteroatoms. The second-order valence-electron chi connectivity index (χ2n) is 4.58. The van der Waals surface area contributed by atoms with Gasteiger partial charge in [0.05, 0.1) is 0 Å². The normalized spacial score (nSPS) is 25.1. The molecule has 1 aliphatic carbocycles. The Kier molecular flexibility index (Phi) is 4.38. The summed E-state index contributed by atoms with van der Waals surface area (Å²) in [4.78, 5) is 0. The fourth-order valence-electron chi connectivity index (χ4n) is 2.25. The predicted molar refractivity (Wildman–Crippen MR) is 68.2 cm³/mol. The van der Waals surface area contributed by atoms with Crippen LogP contribution in [0.1, 0.15) is 51.2 Å². The molecule has 0 spiro atoms. The van der Waals surface area contributed by atoms with Crippen molar-refractivity contribution >= 4 is 0 Å². The lowest BCUT2D eigenvalue weighted by molar-refractivity contribution is 0.618. The largest absolute Gasteiger partial charge is 0.0683 e. The van der Waals surface area contributed by atoms with Crippen LogP contribution >= 0.6 is 0 Å². The molecule has 0 heterocycles. The van der Waals surface area contributed by atoms with E-state index in [1.165, 1.54) is 17.5 Å². The molecule has 1 aliphatic rings. The maximum Gasteiger partial charge on any atom is -0.0159 e. The molecule has 0 aromatic heterocycles. The molecule has 2 rings (SSSR count). The summed E-state index contributed by atoms with van der Waals surface area (Å²) in [5.74, 6) is 2.66. The molecule has 0 aliphatic heterocycles. The van der Waals surface area contributed by atoms with E-state index in [-0.39, 0.29) is 0 Å². The zero-order chi connectivity index (χ0) is 11.4. The Morgan fingerprint density at radius 3 is 2.33 bits per heavy atom. The number of benzene rings is 1. The summed E-state index contributed by atoms with van der Waals surface area (Å²) in [6, 6.07) is 8.94. The lowest BCUT2D eigenvalue weighted by atomic mass is 9.94. The van der Waals surface area contributed by atoms with Gasteiger partial charge in [-0.1, -0.05) is 57.5 Å². The van der Waals surface area contributed by atoms with Crippen LogP contribution in [0.3, 0.4) is 0 Å². The fraction of sp³-hybridized carbons (Fsp3) is 0.600. The van der Waals surface area contributed by atoms with Gasteiger partial charge in [-0.3, -0.25) is 0 Å². The van der Waals surface area contributed by atoms with E-state index in [4.69, 9.17) is 0 Å². The number of rotatable bonds is 2. The quantitative estimate of drug-likeness (QED) is 0.650. The van der Waals surface area contributed by atoms with Gasteiger partial charge in [-0.05, 0) is 36.7 Å². The van der Waals surface area contributed by atoms with Crippen LogP contribution in [-0.2, 0) is 0 Å². The van der Waals surface area contributed by atoms with Crippen molar-refractivity contribution in [2.24, 2.45) is 11.8 Å². The number of aryl methyl sites for hydroxylation is 1. The Bertz CT molecular complexity index is 301. The smallest absolute Gasteiger partial charge is 0.0159 e. The van der Waals surface area contributed by atoms with Crippen molar-refractivity contribution in [1.82, 2.24) is 0 Å². The first kappa shape index (κ1) is 12.3. The van der Waals surface area contributed by atoms with Gasteiger partial charge in [0.15, 0.2) is 0 Å². The van der Waals surface area contributed by atoms with E-state index in [9.17, 15) is 0 Å². The van der Waals surface area contributed by atoms with Crippen LogP contribution in [0.4, 0.5) is 0 Å². The van der Waals surface area contributed by atoms with Crippen LogP contribution in [0.25, 0.3) is 0 Å². The first-order chi connectivity index (χ1) is 7.18. The van der Waals surface area contributed by atoms with E-state index >= 15 is 0 Å². The monoisotopic (exact) mass is 204 g/mol. The van der Waals surface area contributed by atoms with Crippen molar-refractivity contribution in [3.63, 3.8) is 0 Å². The van der Waals surface area contributed by atoms with Gasteiger partial charge < -0.3 is 0 Å². The first-order valence-electron chi connectivity index (χ1n) is 6.25. The average molecular weight is 204 g/mol. The van der Waals surface area contributed by atoms with Crippen LogP contribution in [0, 0.1) is 18.8 Å². The Balaban J connectivity index is 0.000000531. The van der Waals surface area contributed by atoms with E-state index in [0.29, 0.717) is 0 Å². The standard InChI is InChI=1S/C13H18.C2H6/c1-9-5-4-6-12(7-9)11(3)13-8-10(13)2;1-2/h4-7,10-11,13H,8H2,1-3H3;1-2H3. The minimum Gasteiger partial charge on any atom is -0.0683 e. The van der Waals surface area contributed by atoms with Gasteiger partial charge in [-0.15, -0.1) is 0 Å². The minimum absolute atomic E-state index is 0.759.